The number of carboxylic acid groups (broad SMARTS) is 1. The van der Waals surface area contributed by atoms with Gasteiger partial charge in [-0.2, -0.15) is 0 Å². The number of aliphatic carboxylic acids is 1. The lowest BCUT2D eigenvalue weighted by Gasteiger charge is -2.06. The summed E-state index contributed by atoms with van der Waals surface area (Å²) < 4.78 is 4.91. The van der Waals surface area contributed by atoms with Crippen LogP contribution in [0, 0.1) is 17.3 Å². The fraction of sp³-hybridized carbons (Fsp3) is 0.462. The highest BCUT2D eigenvalue weighted by Crippen LogP contribution is 2.58. The molecule has 6 nitrogen and oxygen atoms in total. The number of carbonyl (C=O) groups is 2. The molecule has 1 aromatic rings. The first-order chi connectivity index (χ1) is 8.87. The minimum Gasteiger partial charge on any atom is -0.481 e. The summed E-state index contributed by atoms with van der Waals surface area (Å²) in [6, 6.07) is 3.29. The molecule has 6 heteroatoms. The molecule has 1 amide bonds. The van der Waals surface area contributed by atoms with Crippen LogP contribution in [0.3, 0.4) is 0 Å². The van der Waals surface area contributed by atoms with Crippen molar-refractivity contribution in [1.82, 2.24) is 4.98 Å². The summed E-state index contributed by atoms with van der Waals surface area (Å²) in [6.45, 7) is 3.56. The molecule has 2 rings (SSSR count). The molecule has 0 bridgehead atoms. The molecule has 0 aromatic carbocycles. The van der Waals surface area contributed by atoms with Gasteiger partial charge >= 0.3 is 5.97 Å². The van der Waals surface area contributed by atoms with Crippen LogP contribution in [-0.4, -0.2) is 29.1 Å². The molecule has 2 N–H and O–H groups in total. The van der Waals surface area contributed by atoms with Crippen LogP contribution < -0.4 is 10.1 Å². The van der Waals surface area contributed by atoms with Gasteiger partial charge in [-0.1, -0.05) is 13.8 Å². The van der Waals surface area contributed by atoms with E-state index in [1.807, 2.05) is 0 Å². The van der Waals surface area contributed by atoms with Crippen LogP contribution >= 0.6 is 0 Å². The van der Waals surface area contributed by atoms with Crippen molar-refractivity contribution in [2.45, 2.75) is 13.8 Å². The van der Waals surface area contributed by atoms with Gasteiger partial charge in [0.05, 0.1) is 30.8 Å². The van der Waals surface area contributed by atoms with Crippen LogP contribution in [0.25, 0.3) is 0 Å². The van der Waals surface area contributed by atoms with Crippen LogP contribution in [0.1, 0.15) is 13.8 Å². The summed E-state index contributed by atoms with van der Waals surface area (Å²) in [7, 11) is 1.50. The van der Waals surface area contributed by atoms with E-state index in [9.17, 15) is 9.59 Å². The second-order valence-corrected chi connectivity index (χ2v) is 5.19. The van der Waals surface area contributed by atoms with Crippen molar-refractivity contribution in [2.75, 3.05) is 12.4 Å². The van der Waals surface area contributed by atoms with Gasteiger partial charge in [-0.05, 0) is 11.5 Å². The molecular formula is C13H16N2O4. The molecule has 0 unspecified atom stereocenters. The third-order valence-corrected chi connectivity index (χ3v) is 3.59. The lowest BCUT2D eigenvalue weighted by atomic mass is 10.1. The van der Waals surface area contributed by atoms with Gasteiger partial charge in [-0.3, -0.25) is 9.59 Å². The van der Waals surface area contributed by atoms with Crippen molar-refractivity contribution in [3.05, 3.63) is 18.3 Å². The zero-order chi connectivity index (χ0) is 14.2. The van der Waals surface area contributed by atoms with Gasteiger partial charge < -0.3 is 15.2 Å². The minimum absolute atomic E-state index is 0.288. The van der Waals surface area contributed by atoms with E-state index in [4.69, 9.17) is 9.84 Å². The molecule has 102 valence electrons. The van der Waals surface area contributed by atoms with Crippen molar-refractivity contribution in [3.63, 3.8) is 0 Å². The number of pyridine rings is 1. The van der Waals surface area contributed by atoms with E-state index in [0.29, 0.717) is 11.6 Å². The van der Waals surface area contributed by atoms with Crippen molar-refractivity contribution >= 4 is 17.6 Å². The van der Waals surface area contributed by atoms with Crippen LogP contribution in [0.15, 0.2) is 18.3 Å². The molecule has 0 radical (unpaired) electrons. The molecule has 19 heavy (non-hydrogen) atoms. The summed E-state index contributed by atoms with van der Waals surface area (Å²) in [5.74, 6) is -1.90. The summed E-state index contributed by atoms with van der Waals surface area (Å²) in [6.07, 6.45) is 1.47. The van der Waals surface area contributed by atoms with Crippen LogP contribution in [0.2, 0.25) is 0 Å². The van der Waals surface area contributed by atoms with Gasteiger partial charge in [0.15, 0.2) is 0 Å². The monoisotopic (exact) mass is 264 g/mol. The number of nitrogens with one attached hydrogen (secondary N) is 1. The average Bonchev–Trinajstić information content (AvgIpc) is 2.93. The fourth-order valence-corrected chi connectivity index (χ4v) is 2.38. The number of hydrogen-bond acceptors (Lipinski definition) is 4. The zero-order valence-corrected chi connectivity index (χ0v) is 11.0. The highest BCUT2D eigenvalue weighted by atomic mass is 16.5. The Balaban J connectivity index is 2.04. The highest BCUT2D eigenvalue weighted by Gasteiger charge is 2.65. The van der Waals surface area contributed by atoms with Gasteiger partial charge in [-0.25, -0.2) is 4.98 Å². The van der Waals surface area contributed by atoms with E-state index in [1.165, 1.54) is 13.3 Å². The summed E-state index contributed by atoms with van der Waals surface area (Å²) >= 11 is 0. The van der Waals surface area contributed by atoms with Crippen molar-refractivity contribution in [1.29, 1.82) is 0 Å². The second-order valence-electron chi connectivity index (χ2n) is 5.19. The number of anilines is 1. The number of aromatic nitrogens is 1. The number of rotatable bonds is 4. The predicted molar refractivity (Wildman–Crippen MR) is 67.8 cm³/mol. The topological polar surface area (TPSA) is 88.5 Å². The lowest BCUT2D eigenvalue weighted by molar-refractivity contribution is -0.140. The Morgan fingerprint density at radius 3 is 2.47 bits per heavy atom. The van der Waals surface area contributed by atoms with Crippen LogP contribution in [0.5, 0.6) is 5.88 Å². The van der Waals surface area contributed by atoms with Crippen molar-refractivity contribution in [3.8, 4) is 5.88 Å². The quantitative estimate of drug-likeness (QED) is 0.857. The smallest absolute Gasteiger partial charge is 0.307 e. The Labute approximate surface area is 110 Å². The normalized spacial score (nSPS) is 23.5. The SMILES string of the molecule is COc1ccc(NC(=O)[C@H]2[C@@H](C(=O)O)C2(C)C)cn1. The van der Waals surface area contributed by atoms with Gasteiger partial charge in [0.2, 0.25) is 11.8 Å². The average molecular weight is 264 g/mol. The number of carbonyl (C=O) groups excluding carboxylic acids is 1. The van der Waals surface area contributed by atoms with E-state index in [-0.39, 0.29) is 5.91 Å². The standard InChI is InChI=1S/C13H16N2O4/c1-13(2)9(10(13)12(17)18)11(16)15-7-4-5-8(19-3)14-6-7/h4-6,9-10H,1-3H3,(H,15,16)(H,17,18)/t9-,10+/m1/s1. The molecule has 2 atom stereocenters. The maximum absolute atomic E-state index is 12.0. The number of amides is 1. The maximum Gasteiger partial charge on any atom is 0.307 e. The van der Waals surface area contributed by atoms with E-state index in [1.54, 1.807) is 26.0 Å². The van der Waals surface area contributed by atoms with Gasteiger partial charge in [0.25, 0.3) is 0 Å². The number of carboxylic acids is 1. The fourth-order valence-electron chi connectivity index (χ4n) is 2.38. The van der Waals surface area contributed by atoms with Gasteiger partial charge in [0.1, 0.15) is 0 Å². The largest absolute Gasteiger partial charge is 0.481 e. The summed E-state index contributed by atoms with van der Waals surface area (Å²) in [5.41, 5.74) is 0.0214. The predicted octanol–water partition coefficient (Wildman–Crippen LogP) is 1.39. The molecule has 1 heterocycles. The molecule has 1 fully saturated rings. The molecule has 0 spiro atoms. The first-order valence-electron chi connectivity index (χ1n) is 5.91. The highest BCUT2D eigenvalue weighted by molar-refractivity contribution is 5.99. The molecule has 1 aromatic heterocycles. The second kappa shape index (κ2) is 4.53. The third kappa shape index (κ3) is 2.38. The Hall–Kier alpha value is -2.11. The zero-order valence-electron chi connectivity index (χ0n) is 11.0. The first kappa shape index (κ1) is 13.3. The first-order valence-corrected chi connectivity index (χ1v) is 5.91. The van der Waals surface area contributed by atoms with Gasteiger partial charge in [-0.15, -0.1) is 0 Å². The van der Waals surface area contributed by atoms with Crippen LogP contribution in [-0.2, 0) is 9.59 Å². The Morgan fingerprint density at radius 2 is 2.05 bits per heavy atom. The van der Waals surface area contributed by atoms with Crippen molar-refractivity contribution in [2.24, 2.45) is 17.3 Å². The van der Waals surface area contributed by atoms with E-state index in [0.717, 1.165) is 0 Å². The van der Waals surface area contributed by atoms with Crippen molar-refractivity contribution < 1.29 is 19.4 Å². The van der Waals surface area contributed by atoms with Crippen LogP contribution in [0.4, 0.5) is 5.69 Å². The molecule has 0 saturated heterocycles. The number of hydrogen-bond donors (Lipinski definition) is 2. The van der Waals surface area contributed by atoms with Gasteiger partial charge in [0, 0.05) is 6.07 Å². The van der Waals surface area contributed by atoms with E-state index < -0.39 is 23.2 Å². The lowest BCUT2D eigenvalue weighted by Crippen LogP contribution is -2.17. The molecule has 1 aliphatic carbocycles. The van der Waals surface area contributed by atoms with E-state index in [2.05, 4.69) is 10.3 Å². The number of nitrogens with zero attached hydrogens (tertiary/aromatic N) is 1. The number of methoxy groups -OCH3 is 1. The molecular weight excluding hydrogens is 248 g/mol. The molecule has 1 aliphatic rings. The Bertz CT molecular complexity index is 510. The summed E-state index contributed by atoms with van der Waals surface area (Å²) in [5, 5.41) is 11.7. The molecule has 0 aliphatic heterocycles. The Morgan fingerprint density at radius 1 is 1.37 bits per heavy atom. The Kier molecular flexibility index (Phi) is 3.18. The summed E-state index contributed by atoms with van der Waals surface area (Å²) in [4.78, 5) is 27.0. The third-order valence-electron chi connectivity index (χ3n) is 3.59. The van der Waals surface area contributed by atoms with E-state index >= 15 is 0 Å². The maximum atomic E-state index is 12.0. The minimum atomic E-state index is -0.932. The number of ether oxygens (including phenoxy) is 1. The molecule has 1 saturated carbocycles.